The summed E-state index contributed by atoms with van der Waals surface area (Å²) in [7, 11) is 1.45. The van der Waals surface area contributed by atoms with E-state index in [4.69, 9.17) is 14.2 Å². The van der Waals surface area contributed by atoms with Crippen LogP contribution in [0.5, 0.6) is 17.2 Å². The Morgan fingerprint density at radius 3 is 2.16 bits per heavy atom. The van der Waals surface area contributed by atoms with E-state index < -0.39 is 17.8 Å². The Labute approximate surface area is 142 Å². The molecule has 0 saturated heterocycles. The van der Waals surface area contributed by atoms with Gasteiger partial charge in [-0.25, -0.2) is 4.79 Å². The fourth-order valence-electron chi connectivity index (χ4n) is 1.84. The molecule has 0 aromatic heterocycles. The van der Waals surface area contributed by atoms with E-state index in [1.165, 1.54) is 25.2 Å². The molecule has 0 aliphatic carbocycles. The molecule has 1 amide bonds. The van der Waals surface area contributed by atoms with Crippen LogP contribution in [-0.2, 0) is 6.18 Å². The molecule has 134 valence electrons. The highest BCUT2D eigenvalue weighted by atomic mass is 19.4. The maximum Gasteiger partial charge on any atom is 0.416 e. The second-order valence-corrected chi connectivity index (χ2v) is 4.83. The summed E-state index contributed by atoms with van der Waals surface area (Å²) in [5, 5.41) is 2.32. The van der Waals surface area contributed by atoms with Crippen molar-refractivity contribution in [2.75, 3.05) is 20.3 Å². The molecule has 0 fully saturated rings. The van der Waals surface area contributed by atoms with Gasteiger partial charge in [0.25, 0.3) is 0 Å². The van der Waals surface area contributed by atoms with Crippen molar-refractivity contribution in [3.63, 3.8) is 0 Å². The third kappa shape index (κ3) is 5.91. The Hall–Kier alpha value is -2.90. The maximum atomic E-state index is 12.5. The van der Waals surface area contributed by atoms with Gasteiger partial charge in [0.15, 0.2) is 0 Å². The molecule has 0 radical (unpaired) electrons. The van der Waals surface area contributed by atoms with Crippen molar-refractivity contribution in [1.29, 1.82) is 0 Å². The van der Waals surface area contributed by atoms with Gasteiger partial charge in [-0.05, 0) is 36.4 Å². The maximum absolute atomic E-state index is 12.5. The molecule has 0 heterocycles. The van der Waals surface area contributed by atoms with Crippen molar-refractivity contribution in [3.05, 3.63) is 54.1 Å². The smallest absolute Gasteiger partial charge is 0.416 e. The number of carbonyl (C=O) groups excluding carboxylic acids is 1. The fourth-order valence-corrected chi connectivity index (χ4v) is 1.84. The first kappa shape index (κ1) is 18.4. The Morgan fingerprint density at radius 1 is 0.960 bits per heavy atom. The number of hydrogen-bond donors (Lipinski definition) is 1. The standard InChI is InChI=1S/C17H16F3NO4/c1-21-16(22)25-15-4-2-3-14(11-15)24-10-9-23-13-7-5-12(6-8-13)17(18,19)20/h2-8,11H,9-10H2,1H3,(H,21,22). The van der Waals surface area contributed by atoms with Gasteiger partial charge in [-0.15, -0.1) is 0 Å². The third-order valence-corrected chi connectivity index (χ3v) is 3.02. The van der Waals surface area contributed by atoms with Crippen LogP contribution in [0.15, 0.2) is 48.5 Å². The molecule has 5 nitrogen and oxygen atoms in total. The average Bonchev–Trinajstić information content (AvgIpc) is 2.58. The van der Waals surface area contributed by atoms with Crippen LogP contribution in [0.3, 0.4) is 0 Å². The van der Waals surface area contributed by atoms with Gasteiger partial charge in [-0.3, -0.25) is 0 Å². The summed E-state index contributed by atoms with van der Waals surface area (Å²) in [4.78, 5) is 11.1. The lowest BCUT2D eigenvalue weighted by atomic mass is 10.2. The predicted molar refractivity (Wildman–Crippen MR) is 84.0 cm³/mol. The summed E-state index contributed by atoms with van der Waals surface area (Å²) in [5.74, 6) is 1.10. The van der Waals surface area contributed by atoms with Crippen molar-refractivity contribution in [2.45, 2.75) is 6.18 Å². The lowest BCUT2D eigenvalue weighted by molar-refractivity contribution is -0.137. The lowest BCUT2D eigenvalue weighted by Gasteiger charge is -2.11. The van der Waals surface area contributed by atoms with E-state index in [9.17, 15) is 18.0 Å². The monoisotopic (exact) mass is 355 g/mol. The second kappa shape index (κ2) is 8.27. The largest absolute Gasteiger partial charge is 0.490 e. The molecule has 2 aromatic carbocycles. The summed E-state index contributed by atoms with van der Waals surface area (Å²) < 4.78 is 53.1. The molecule has 8 heteroatoms. The van der Waals surface area contributed by atoms with Crippen molar-refractivity contribution in [3.8, 4) is 17.2 Å². The molecular weight excluding hydrogens is 339 g/mol. The minimum absolute atomic E-state index is 0.145. The zero-order valence-electron chi connectivity index (χ0n) is 13.3. The molecule has 0 aliphatic heterocycles. The highest BCUT2D eigenvalue weighted by molar-refractivity contribution is 5.70. The SMILES string of the molecule is CNC(=O)Oc1cccc(OCCOc2ccc(C(F)(F)F)cc2)c1. The van der Waals surface area contributed by atoms with Crippen LogP contribution in [0.25, 0.3) is 0 Å². The Bertz CT molecular complexity index is 702. The van der Waals surface area contributed by atoms with Gasteiger partial charge in [0.2, 0.25) is 0 Å². The van der Waals surface area contributed by atoms with Gasteiger partial charge in [0.1, 0.15) is 30.5 Å². The van der Waals surface area contributed by atoms with Crippen LogP contribution in [0.2, 0.25) is 0 Å². The first-order chi connectivity index (χ1) is 11.9. The zero-order chi connectivity index (χ0) is 18.3. The van der Waals surface area contributed by atoms with Crippen molar-refractivity contribution >= 4 is 6.09 Å². The van der Waals surface area contributed by atoms with E-state index in [-0.39, 0.29) is 13.2 Å². The molecular formula is C17H16F3NO4. The van der Waals surface area contributed by atoms with Crippen molar-refractivity contribution in [1.82, 2.24) is 5.32 Å². The number of carbonyl (C=O) groups is 1. The zero-order valence-corrected chi connectivity index (χ0v) is 13.3. The summed E-state index contributed by atoms with van der Waals surface area (Å²) in [5.41, 5.74) is -0.732. The number of rotatable bonds is 6. The van der Waals surface area contributed by atoms with E-state index >= 15 is 0 Å². The minimum atomic E-state index is -4.37. The molecule has 0 saturated carbocycles. The van der Waals surface area contributed by atoms with Crippen LogP contribution in [0.1, 0.15) is 5.56 Å². The van der Waals surface area contributed by atoms with Gasteiger partial charge in [0.05, 0.1) is 5.56 Å². The first-order valence-electron chi connectivity index (χ1n) is 7.31. The molecule has 0 unspecified atom stereocenters. The average molecular weight is 355 g/mol. The number of ether oxygens (including phenoxy) is 3. The normalized spacial score (nSPS) is 10.9. The number of nitrogens with one attached hydrogen (secondary N) is 1. The summed E-state index contributed by atoms with van der Waals surface area (Å²) in [6.07, 6.45) is -4.97. The predicted octanol–water partition coefficient (Wildman–Crippen LogP) is 3.88. The number of amides is 1. The molecule has 0 aliphatic rings. The summed E-state index contributed by atoms with van der Waals surface area (Å²) in [6.45, 7) is 0.316. The van der Waals surface area contributed by atoms with Crippen LogP contribution >= 0.6 is 0 Å². The van der Waals surface area contributed by atoms with E-state index in [0.717, 1.165) is 12.1 Å². The molecule has 1 N–H and O–H groups in total. The molecule has 0 atom stereocenters. The van der Waals surface area contributed by atoms with Gasteiger partial charge in [0, 0.05) is 13.1 Å². The highest BCUT2D eigenvalue weighted by Gasteiger charge is 2.29. The Morgan fingerprint density at radius 2 is 1.56 bits per heavy atom. The quantitative estimate of drug-likeness (QED) is 0.799. The van der Waals surface area contributed by atoms with E-state index in [1.54, 1.807) is 18.2 Å². The molecule has 25 heavy (non-hydrogen) atoms. The molecule has 2 aromatic rings. The second-order valence-electron chi connectivity index (χ2n) is 4.83. The van der Waals surface area contributed by atoms with Crippen LogP contribution < -0.4 is 19.5 Å². The lowest BCUT2D eigenvalue weighted by Crippen LogP contribution is -2.22. The number of alkyl halides is 3. The van der Waals surface area contributed by atoms with Gasteiger partial charge in [-0.2, -0.15) is 13.2 Å². The van der Waals surface area contributed by atoms with E-state index in [2.05, 4.69) is 5.32 Å². The Kier molecular flexibility index (Phi) is 6.10. The summed E-state index contributed by atoms with van der Waals surface area (Å²) >= 11 is 0. The van der Waals surface area contributed by atoms with Crippen LogP contribution in [0.4, 0.5) is 18.0 Å². The number of halogens is 3. The van der Waals surface area contributed by atoms with Crippen LogP contribution in [-0.4, -0.2) is 26.4 Å². The van der Waals surface area contributed by atoms with Gasteiger partial charge in [-0.1, -0.05) is 6.07 Å². The van der Waals surface area contributed by atoms with E-state index in [0.29, 0.717) is 17.2 Å². The topological polar surface area (TPSA) is 56.8 Å². The molecule has 2 rings (SSSR count). The van der Waals surface area contributed by atoms with Crippen molar-refractivity contribution in [2.24, 2.45) is 0 Å². The minimum Gasteiger partial charge on any atom is -0.490 e. The van der Waals surface area contributed by atoms with Gasteiger partial charge >= 0.3 is 12.3 Å². The van der Waals surface area contributed by atoms with Crippen LogP contribution in [0, 0.1) is 0 Å². The molecule has 0 spiro atoms. The number of hydrogen-bond acceptors (Lipinski definition) is 4. The first-order valence-corrected chi connectivity index (χ1v) is 7.31. The fraction of sp³-hybridized carbons (Fsp3) is 0.235. The number of benzene rings is 2. The van der Waals surface area contributed by atoms with Gasteiger partial charge < -0.3 is 19.5 Å². The summed E-state index contributed by atoms with van der Waals surface area (Å²) in [6, 6.07) is 10.9. The molecule has 0 bridgehead atoms. The third-order valence-electron chi connectivity index (χ3n) is 3.02. The Balaban J connectivity index is 1.79. The van der Waals surface area contributed by atoms with E-state index in [1.807, 2.05) is 0 Å². The highest BCUT2D eigenvalue weighted by Crippen LogP contribution is 2.30. The van der Waals surface area contributed by atoms with Crippen molar-refractivity contribution < 1.29 is 32.2 Å².